The lowest BCUT2D eigenvalue weighted by Crippen LogP contribution is -2.11. The van der Waals surface area contributed by atoms with Crippen LogP contribution in [0.5, 0.6) is 5.75 Å². The largest absolute Gasteiger partial charge is 0.495 e. The van der Waals surface area contributed by atoms with Crippen molar-refractivity contribution >= 4 is 23.2 Å². The lowest BCUT2D eigenvalue weighted by atomic mass is 9.96. The first-order chi connectivity index (χ1) is 8.11. The molecule has 1 aromatic rings. The first kappa shape index (κ1) is 12.1. The van der Waals surface area contributed by atoms with Gasteiger partial charge in [-0.15, -0.1) is 0 Å². The summed E-state index contributed by atoms with van der Waals surface area (Å²) in [5, 5.41) is 0.419. The summed E-state index contributed by atoms with van der Waals surface area (Å²) in [4.78, 5) is 23.3. The summed E-state index contributed by atoms with van der Waals surface area (Å²) in [7, 11) is 1.53. The van der Waals surface area contributed by atoms with Crippen molar-refractivity contribution in [2.45, 2.75) is 19.3 Å². The van der Waals surface area contributed by atoms with E-state index in [0.717, 1.165) is 0 Å². The highest BCUT2D eigenvalue weighted by Gasteiger charge is 2.29. The molecule has 1 fully saturated rings. The number of benzene rings is 1. The smallest absolute Gasteiger partial charge is 0.166 e. The fourth-order valence-electron chi connectivity index (χ4n) is 2.09. The summed E-state index contributed by atoms with van der Waals surface area (Å²) in [6, 6.07) is 4.97. The molecule has 1 aromatic carbocycles. The summed E-state index contributed by atoms with van der Waals surface area (Å²) in [5.74, 6) is 0.543. The van der Waals surface area contributed by atoms with Gasteiger partial charge in [0.25, 0.3) is 0 Å². The highest BCUT2D eigenvalue weighted by atomic mass is 35.5. The van der Waals surface area contributed by atoms with E-state index >= 15 is 0 Å². The van der Waals surface area contributed by atoms with Gasteiger partial charge in [0.2, 0.25) is 0 Å². The van der Waals surface area contributed by atoms with Crippen LogP contribution in [0.15, 0.2) is 18.2 Å². The summed E-state index contributed by atoms with van der Waals surface area (Å²) >= 11 is 5.96. The normalized spacial score (nSPS) is 19.4. The predicted molar refractivity (Wildman–Crippen MR) is 64.7 cm³/mol. The molecule has 0 amide bonds. The fraction of sp³-hybridized carbons (Fsp3) is 0.385. The highest BCUT2D eigenvalue weighted by molar-refractivity contribution is 6.32. The van der Waals surface area contributed by atoms with Crippen molar-refractivity contribution in [2.75, 3.05) is 7.11 Å². The summed E-state index contributed by atoms with van der Waals surface area (Å²) in [6.45, 7) is 0. The van der Waals surface area contributed by atoms with E-state index in [4.69, 9.17) is 16.3 Å². The molecular formula is C13H13ClO3. The molecule has 1 aliphatic carbocycles. The van der Waals surface area contributed by atoms with E-state index in [-0.39, 0.29) is 17.5 Å². The van der Waals surface area contributed by atoms with Gasteiger partial charge in [0, 0.05) is 24.3 Å². The minimum absolute atomic E-state index is 0.000373. The molecule has 0 bridgehead atoms. The minimum Gasteiger partial charge on any atom is -0.495 e. The topological polar surface area (TPSA) is 43.4 Å². The molecule has 0 saturated heterocycles. The highest BCUT2D eigenvalue weighted by Crippen LogP contribution is 2.29. The third-order valence-corrected chi connectivity index (χ3v) is 3.35. The molecule has 1 saturated carbocycles. The van der Waals surface area contributed by atoms with Gasteiger partial charge in [0.1, 0.15) is 11.5 Å². The van der Waals surface area contributed by atoms with Gasteiger partial charge >= 0.3 is 0 Å². The molecule has 0 aliphatic heterocycles. The molecule has 1 unspecified atom stereocenters. The third-order valence-electron chi connectivity index (χ3n) is 3.05. The quantitative estimate of drug-likeness (QED) is 0.777. The molecule has 1 aliphatic rings. The average molecular weight is 253 g/mol. The second-order valence-corrected chi connectivity index (χ2v) is 4.60. The Morgan fingerprint density at radius 3 is 2.76 bits per heavy atom. The number of methoxy groups -OCH3 is 1. The van der Waals surface area contributed by atoms with Crippen molar-refractivity contribution in [3.05, 3.63) is 28.8 Å². The van der Waals surface area contributed by atoms with Crippen LogP contribution in [0.3, 0.4) is 0 Å². The number of ether oxygens (including phenoxy) is 1. The lowest BCUT2D eigenvalue weighted by Gasteiger charge is -2.09. The van der Waals surface area contributed by atoms with Crippen LogP contribution in [0.4, 0.5) is 0 Å². The van der Waals surface area contributed by atoms with Crippen LogP contribution in [0.1, 0.15) is 29.6 Å². The van der Waals surface area contributed by atoms with Gasteiger partial charge < -0.3 is 4.74 Å². The number of halogens is 1. The molecular weight excluding hydrogens is 240 g/mol. The number of hydrogen-bond acceptors (Lipinski definition) is 3. The fourth-order valence-corrected chi connectivity index (χ4v) is 2.35. The van der Waals surface area contributed by atoms with Crippen LogP contribution >= 0.6 is 11.6 Å². The predicted octanol–water partition coefficient (Wildman–Crippen LogP) is 2.90. The second kappa shape index (κ2) is 4.88. The lowest BCUT2D eigenvalue weighted by molar-refractivity contribution is -0.117. The van der Waals surface area contributed by atoms with E-state index in [1.807, 2.05) is 0 Å². The molecule has 1 atom stereocenters. The molecule has 0 N–H and O–H groups in total. The maximum absolute atomic E-state index is 12.1. The van der Waals surface area contributed by atoms with Crippen molar-refractivity contribution in [2.24, 2.45) is 5.92 Å². The zero-order chi connectivity index (χ0) is 12.4. The molecule has 17 heavy (non-hydrogen) atoms. The van der Waals surface area contributed by atoms with Gasteiger partial charge in [0.05, 0.1) is 12.1 Å². The molecule has 90 valence electrons. The van der Waals surface area contributed by atoms with Gasteiger partial charge in [-0.3, -0.25) is 9.59 Å². The summed E-state index contributed by atoms with van der Waals surface area (Å²) < 4.78 is 5.02. The second-order valence-electron chi connectivity index (χ2n) is 4.19. The molecule has 3 nitrogen and oxygen atoms in total. The standard InChI is InChI=1S/C13H13ClO3/c1-17-12-5-3-9(7-11(12)14)13(16)8-2-4-10(15)6-8/h3,5,7-8H,2,4,6H2,1H3. The Bertz CT molecular complexity index is 468. The number of carbonyl (C=O) groups excluding carboxylic acids is 2. The maximum atomic E-state index is 12.1. The van der Waals surface area contributed by atoms with Gasteiger partial charge in [0.15, 0.2) is 5.78 Å². The molecule has 2 rings (SSSR count). The Morgan fingerprint density at radius 1 is 1.47 bits per heavy atom. The third kappa shape index (κ3) is 2.50. The van der Waals surface area contributed by atoms with E-state index in [9.17, 15) is 9.59 Å². The Kier molecular flexibility index (Phi) is 3.48. The average Bonchev–Trinajstić information content (AvgIpc) is 2.75. The molecule has 4 heteroatoms. The van der Waals surface area contributed by atoms with Crippen molar-refractivity contribution in [1.82, 2.24) is 0 Å². The van der Waals surface area contributed by atoms with Crippen LogP contribution in [0.2, 0.25) is 5.02 Å². The Labute approximate surface area is 105 Å². The molecule has 0 spiro atoms. The monoisotopic (exact) mass is 252 g/mol. The Hall–Kier alpha value is -1.35. The van der Waals surface area contributed by atoms with E-state index in [0.29, 0.717) is 35.6 Å². The van der Waals surface area contributed by atoms with Crippen LogP contribution < -0.4 is 4.74 Å². The molecule has 0 heterocycles. The molecule has 0 radical (unpaired) electrons. The van der Waals surface area contributed by atoms with Crippen molar-refractivity contribution in [3.63, 3.8) is 0 Å². The van der Waals surface area contributed by atoms with Crippen LogP contribution in [-0.4, -0.2) is 18.7 Å². The van der Waals surface area contributed by atoms with Crippen molar-refractivity contribution in [1.29, 1.82) is 0 Å². The van der Waals surface area contributed by atoms with E-state index in [1.54, 1.807) is 18.2 Å². The van der Waals surface area contributed by atoms with Crippen LogP contribution in [-0.2, 0) is 4.79 Å². The summed E-state index contributed by atoms with van der Waals surface area (Å²) in [6.07, 6.45) is 1.53. The van der Waals surface area contributed by atoms with E-state index in [2.05, 4.69) is 0 Å². The van der Waals surface area contributed by atoms with Crippen molar-refractivity contribution < 1.29 is 14.3 Å². The van der Waals surface area contributed by atoms with Gasteiger partial charge in [-0.05, 0) is 24.6 Å². The number of Topliss-reactive ketones (excluding diaryl/α,β-unsaturated/α-hetero) is 2. The number of ketones is 2. The Morgan fingerprint density at radius 2 is 2.24 bits per heavy atom. The summed E-state index contributed by atoms with van der Waals surface area (Å²) in [5.41, 5.74) is 0.551. The minimum atomic E-state index is -0.174. The Balaban J connectivity index is 2.20. The van der Waals surface area contributed by atoms with Crippen molar-refractivity contribution in [3.8, 4) is 5.75 Å². The van der Waals surface area contributed by atoms with Crippen LogP contribution in [0.25, 0.3) is 0 Å². The maximum Gasteiger partial charge on any atom is 0.166 e. The van der Waals surface area contributed by atoms with Gasteiger partial charge in [-0.25, -0.2) is 0 Å². The van der Waals surface area contributed by atoms with E-state index < -0.39 is 0 Å². The molecule has 0 aromatic heterocycles. The van der Waals surface area contributed by atoms with Crippen LogP contribution in [0, 0.1) is 5.92 Å². The number of carbonyl (C=O) groups is 2. The zero-order valence-electron chi connectivity index (χ0n) is 9.53. The number of hydrogen-bond donors (Lipinski definition) is 0. The van der Waals surface area contributed by atoms with Gasteiger partial charge in [-0.2, -0.15) is 0 Å². The number of rotatable bonds is 3. The SMILES string of the molecule is COc1ccc(C(=O)C2CCC(=O)C2)cc1Cl. The van der Waals surface area contributed by atoms with E-state index in [1.165, 1.54) is 7.11 Å². The first-order valence-electron chi connectivity index (χ1n) is 5.51. The van der Waals surface area contributed by atoms with Gasteiger partial charge in [-0.1, -0.05) is 11.6 Å². The zero-order valence-corrected chi connectivity index (χ0v) is 10.3. The first-order valence-corrected chi connectivity index (χ1v) is 5.89.